The first-order valence-corrected chi connectivity index (χ1v) is 18.3. The molecule has 4 N–H and O–H groups in total. The molecule has 1 fully saturated rings. The molecular weight excluding hydrogens is 731 g/mol. The Balaban J connectivity index is 0.916. The molecule has 1 amide bonds. The Hall–Kier alpha value is -4.89. The first-order chi connectivity index (χ1) is 26.2. The van der Waals surface area contributed by atoms with Gasteiger partial charge in [-0.3, -0.25) is 9.59 Å². The molecule has 55 heavy (non-hydrogen) atoms. The van der Waals surface area contributed by atoms with Crippen molar-refractivity contribution < 1.29 is 40.3 Å². The Labute approximate surface area is 311 Å². The second kappa shape index (κ2) is 15.3. The Morgan fingerprint density at radius 1 is 0.909 bits per heavy atom. The van der Waals surface area contributed by atoms with Gasteiger partial charge in [0.05, 0.1) is 17.2 Å². The highest BCUT2D eigenvalue weighted by molar-refractivity contribution is 6.10. The molecule has 5 aromatic rings. The molecule has 0 saturated carbocycles. The lowest BCUT2D eigenvalue weighted by Gasteiger charge is -2.36. The molecule has 0 spiro atoms. The van der Waals surface area contributed by atoms with Gasteiger partial charge in [0.25, 0.3) is 5.91 Å². The van der Waals surface area contributed by atoms with E-state index in [1.165, 1.54) is 35.2 Å². The fourth-order valence-corrected chi connectivity index (χ4v) is 8.02. The number of pyridine rings is 1. The molecule has 8 nitrogen and oxygen atoms in total. The number of H-pyrrole nitrogens is 2. The highest BCUT2D eigenvalue weighted by atomic mass is 19.4. The molecule has 3 atom stereocenters. The van der Waals surface area contributed by atoms with Gasteiger partial charge >= 0.3 is 12.4 Å². The summed E-state index contributed by atoms with van der Waals surface area (Å²) in [7, 11) is 0. The third-order valence-corrected chi connectivity index (χ3v) is 10.6. The summed E-state index contributed by atoms with van der Waals surface area (Å²) in [5, 5.41) is 6.62. The van der Waals surface area contributed by atoms with E-state index >= 15 is 0 Å². The maximum Gasteiger partial charge on any atom is 0.417 e. The topological polar surface area (TPSA) is 102 Å². The van der Waals surface area contributed by atoms with Crippen LogP contribution in [0, 0.1) is 5.82 Å². The van der Waals surface area contributed by atoms with Gasteiger partial charge in [-0.15, -0.1) is 0 Å². The molecule has 292 valence electrons. The van der Waals surface area contributed by atoms with E-state index in [4.69, 9.17) is 4.74 Å². The summed E-state index contributed by atoms with van der Waals surface area (Å²) < 4.78 is 104. The van der Waals surface area contributed by atoms with Crippen LogP contribution in [0.25, 0.3) is 33.1 Å². The van der Waals surface area contributed by atoms with Gasteiger partial charge in [-0.25, -0.2) is 4.39 Å². The van der Waals surface area contributed by atoms with Crippen LogP contribution in [0.4, 0.5) is 36.4 Å². The molecule has 0 aliphatic carbocycles. The number of carbonyl (C=O) groups is 1. The number of amides is 1. The van der Waals surface area contributed by atoms with Crippen LogP contribution in [0.1, 0.15) is 66.1 Å². The number of halogens is 7. The van der Waals surface area contributed by atoms with Crippen molar-refractivity contribution in [3.63, 3.8) is 0 Å². The second-order valence-corrected chi connectivity index (χ2v) is 14.3. The molecule has 2 aromatic heterocycles. The monoisotopic (exact) mass is 771 g/mol. The van der Waals surface area contributed by atoms with Crippen LogP contribution >= 0.6 is 0 Å². The smallest absolute Gasteiger partial charge is 0.367 e. The molecule has 1 unspecified atom stereocenters. The van der Waals surface area contributed by atoms with Crippen molar-refractivity contribution in [3.8, 4) is 11.3 Å². The Bertz CT molecular complexity index is 2250. The number of benzene rings is 3. The third kappa shape index (κ3) is 8.08. The van der Waals surface area contributed by atoms with E-state index < -0.39 is 41.4 Å². The quantitative estimate of drug-likeness (QED) is 0.0755. The van der Waals surface area contributed by atoms with Crippen molar-refractivity contribution in [2.24, 2.45) is 0 Å². The van der Waals surface area contributed by atoms with Crippen LogP contribution in [0.3, 0.4) is 0 Å². The zero-order chi connectivity index (χ0) is 39.1. The maximum atomic E-state index is 14.4. The summed E-state index contributed by atoms with van der Waals surface area (Å²) in [5.74, 6) is -0.784. The van der Waals surface area contributed by atoms with Crippen LogP contribution in [0.5, 0.6) is 0 Å². The normalized spacial score (nSPS) is 18.3. The van der Waals surface area contributed by atoms with Crippen LogP contribution in [-0.2, 0) is 23.9 Å². The van der Waals surface area contributed by atoms with E-state index in [1.54, 1.807) is 6.92 Å². The van der Waals surface area contributed by atoms with Gasteiger partial charge in [-0.05, 0) is 99.0 Å². The van der Waals surface area contributed by atoms with Crippen molar-refractivity contribution >= 4 is 33.4 Å². The van der Waals surface area contributed by atoms with E-state index in [2.05, 4.69) is 20.6 Å². The minimum atomic E-state index is -4.83. The van der Waals surface area contributed by atoms with Crippen LogP contribution < -0.4 is 21.1 Å². The standard InChI is InChI=1S/C40H40F7N5O3/c1-22-5-12-33(52(22)26-10-11-31-28(19-26)30(39(42,43)44)20-34(53)50-31)37(40(45,46)47)55-16-4-2-3-14-48-21-23-6-8-24(9-7-23)36-27-13-15-49-38(54)29-17-25(41)18-32(51-36)35(27)29/h6-11,17-20,22,33,37,48,51H,2-5,12-16,21H2,1H3,(H,49,54)(H,50,53)/t22-,33+,37?/m0/s1. The van der Waals surface area contributed by atoms with Crippen molar-refractivity contribution in [2.75, 3.05) is 24.6 Å². The highest BCUT2D eigenvalue weighted by Gasteiger charge is 2.50. The number of hydrogen-bond acceptors (Lipinski definition) is 5. The molecule has 3 aromatic carbocycles. The summed E-state index contributed by atoms with van der Waals surface area (Å²) in [6.45, 7) is 3.26. The van der Waals surface area contributed by atoms with Crippen molar-refractivity contribution in [1.82, 2.24) is 20.6 Å². The number of aromatic nitrogens is 2. The average Bonchev–Trinajstić information content (AvgIpc) is 3.63. The van der Waals surface area contributed by atoms with Crippen LogP contribution in [0.15, 0.2) is 65.5 Å². The van der Waals surface area contributed by atoms with Gasteiger partial charge in [0, 0.05) is 65.0 Å². The number of nitrogens with one attached hydrogen (secondary N) is 4. The van der Waals surface area contributed by atoms with E-state index in [1.807, 2.05) is 24.3 Å². The number of alkyl halides is 6. The number of fused-ring (bicyclic) bond motifs is 1. The zero-order valence-electron chi connectivity index (χ0n) is 29.9. The molecule has 0 radical (unpaired) electrons. The number of ether oxygens (including phenoxy) is 1. The zero-order valence-corrected chi connectivity index (χ0v) is 29.9. The molecule has 4 heterocycles. The number of unbranched alkanes of at least 4 members (excludes halogenated alkanes) is 2. The van der Waals surface area contributed by atoms with E-state index in [9.17, 15) is 40.3 Å². The lowest BCUT2D eigenvalue weighted by atomic mass is 9.99. The third-order valence-electron chi connectivity index (χ3n) is 10.6. The maximum absolute atomic E-state index is 14.4. The predicted octanol–water partition coefficient (Wildman–Crippen LogP) is 8.39. The van der Waals surface area contributed by atoms with Crippen molar-refractivity contribution in [3.05, 3.63) is 99.1 Å². The molecule has 15 heteroatoms. The van der Waals surface area contributed by atoms with E-state index in [0.717, 1.165) is 27.8 Å². The molecular formula is C40H40F7N5O3. The summed E-state index contributed by atoms with van der Waals surface area (Å²) in [6, 6.07) is 13.4. The summed E-state index contributed by atoms with van der Waals surface area (Å²) >= 11 is 0. The lowest BCUT2D eigenvalue weighted by molar-refractivity contribution is -0.226. The molecule has 7 rings (SSSR count). The molecule has 2 aliphatic heterocycles. The first-order valence-electron chi connectivity index (χ1n) is 18.3. The van der Waals surface area contributed by atoms with Gasteiger partial charge in [0.1, 0.15) is 5.82 Å². The first kappa shape index (κ1) is 38.4. The predicted molar refractivity (Wildman–Crippen MR) is 196 cm³/mol. The minimum absolute atomic E-state index is 0.0551. The van der Waals surface area contributed by atoms with Crippen molar-refractivity contribution in [1.29, 1.82) is 0 Å². The molecule has 1 saturated heterocycles. The summed E-state index contributed by atoms with van der Waals surface area (Å²) in [5.41, 5.74) is 2.70. The lowest BCUT2D eigenvalue weighted by Crippen LogP contribution is -2.50. The number of aromatic amines is 2. The van der Waals surface area contributed by atoms with Gasteiger partial charge in [0.15, 0.2) is 6.10 Å². The van der Waals surface area contributed by atoms with Gasteiger partial charge in [-0.1, -0.05) is 24.3 Å². The Kier molecular flexibility index (Phi) is 10.7. The number of carbonyl (C=O) groups excluding carboxylic acids is 1. The van der Waals surface area contributed by atoms with E-state index in [-0.39, 0.29) is 41.6 Å². The minimum Gasteiger partial charge on any atom is -0.367 e. The SMILES string of the molecule is C[C@H]1CC[C@H](C(OCCCCCNCc2ccc(-c3[nH]c4cc(F)cc5c4c3CCNC5=O)cc2)C(F)(F)F)N1c1ccc2[nH]c(=O)cc(C(F)(F)F)c2c1. The average molecular weight is 772 g/mol. The highest BCUT2D eigenvalue weighted by Crippen LogP contribution is 2.41. The summed E-state index contributed by atoms with van der Waals surface area (Å²) in [4.78, 5) is 31.5. The number of anilines is 1. The van der Waals surface area contributed by atoms with Crippen LogP contribution in [0.2, 0.25) is 0 Å². The Morgan fingerprint density at radius 2 is 1.69 bits per heavy atom. The number of nitrogens with zero attached hydrogens (tertiary/aromatic N) is 1. The Morgan fingerprint density at radius 3 is 2.44 bits per heavy atom. The number of hydrogen-bond donors (Lipinski definition) is 4. The summed E-state index contributed by atoms with van der Waals surface area (Å²) in [6.07, 6.45) is -8.80. The fraction of sp³-hybridized carbons (Fsp3) is 0.400. The van der Waals surface area contributed by atoms with E-state index in [0.29, 0.717) is 68.9 Å². The van der Waals surface area contributed by atoms with Gasteiger partial charge in [0.2, 0.25) is 5.56 Å². The fourth-order valence-electron chi connectivity index (χ4n) is 8.02. The molecule has 2 aliphatic rings. The van der Waals surface area contributed by atoms with Crippen LogP contribution in [-0.4, -0.2) is 59.9 Å². The molecule has 0 bridgehead atoms. The second-order valence-electron chi connectivity index (χ2n) is 14.3. The van der Waals surface area contributed by atoms with Crippen molar-refractivity contribution in [2.45, 2.75) is 82.5 Å². The number of rotatable bonds is 12. The largest absolute Gasteiger partial charge is 0.417 e. The van der Waals surface area contributed by atoms with Gasteiger partial charge < -0.3 is 30.2 Å². The van der Waals surface area contributed by atoms with Gasteiger partial charge in [-0.2, -0.15) is 26.3 Å².